The van der Waals surface area contributed by atoms with Crippen molar-refractivity contribution in [2.75, 3.05) is 18.0 Å². The number of halogens is 2. The molecule has 0 bridgehead atoms. The summed E-state index contributed by atoms with van der Waals surface area (Å²) in [5.74, 6) is 0.754. The molecule has 3 nitrogen and oxygen atoms in total. The average molecular weight is 363 g/mol. The number of carbonyl (C=O) groups is 1. The average Bonchev–Trinajstić information content (AvgIpc) is 2.56. The zero-order valence-electron chi connectivity index (χ0n) is 12.0. The van der Waals surface area contributed by atoms with Crippen LogP contribution in [0, 0.1) is 11.7 Å². The fraction of sp³-hybridized carbons (Fsp3) is 0.294. The van der Waals surface area contributed by atoms with Gasteiger partial charge in [-0.15, -0.1) is 0 Å². The number of hydrogen-bond donors (Lipinski definition) is 0. The molecule has 0 atom stereocenters. The van der Waals surface area contributed by atoms with Crippen molar-refractivity contribution >= 4 is 27.5 Å². The number of anilines is 1. The highest BCUT2D eigenvalue weighted by Crippen LogP contribution is 2.25. The number of benzene rings is 1. The number of carbonyl (C=O) groups excluding carboxylic acids is 1. The third kappa shape index (κ3) is 3.35. The topological polar surface area (TPSA) is 33.2 Å². The van der Waals surface area contributed by atoms with Gasteiger partial charge in [0.05, 0.1) is 0 Å². The van der Waals surface area contributed by atoms with Crippen molar-refractivity contribution in [3.8, 4) is 0 Å². The van der Waals surface area contributed by atoms with E-state index in [4.69, 9.17) is 0 Å². The van der Waals surface area contributed by atoms with E-state index < -0.39 is 0 Å². The van der Waals surface area contributed by atoms with Gasteiger partial charge in [-0.25, -0.2) is 9.37 Å². The van der Waals surface area contributed by atoms with Gasteiger partial charge in [0.15, 0.2) is 5.78 Å². The Balaban J connectivity index is 1.62. The van der Waals surface area contributed by atoms with Crippen LogP contribution in [0.4, 0.5) is 10.2 Å². The molecule has 1 aliphatic rings. The zero-order valence-corrected chi connectivity index (χ0v) is 13.6. The van der Waals surface area contributed by atoms with Gasteiger partial charge in [-0.3, -0.25) is 4.79 Å². The van der Waals surface area contributed by atoms with Crippen molar-refractivity contribution in [1.82, 2.24) is 4.98 Å². The van der Waals surface area contributed by atoms with Gasteiger partial charge >= 0.3 is 0 Å². The van der Waals surface area contributed by atoms with E-state index in [1.54, 1.807) is 18.3 Å². The zero-order chi connectivity index (χ0) is 15.5. The number of nitrogens with zero attached hydrogens (tertiary/aromatic N) is 2. The van der Waals surface area contributed by atoms with Crippen LogP contribution in [0.2, 0.25) is 0 Å². The molecular formula is C17H16BrFN2O. The largest absolute Gasteiger partial charge is 0.357 e. The van der Waals surface area contributed by atoms with Crippen LogP contribution in [0.25, 0.3) is 0 Å². The lowest BCUT2D eigenvalue weighted by Gasteiger charge is -2.32. The van der Waals surface area contributed by atoms with E-state index in [-0.39, 0.29) is 17.5 Å². The van der Waals surface area contributed by atoms with Crippen molar-refractivity contribution in [2.45, 2.75) is 12.8 Å². The SMILES string of the molecule is O=C(c1ccc(F)cc1)C1CCN(c2ccc(Br)cn2)CC1. The molecule has 0 amide bonds. The van der Waals surface area contributed by atoms with Gasteiger partial charge in [0, 0.05) is 35.2 Å². The number of Topliss-reactive ketones (excluding diaryl/α,β-unsaturated/α-hetero) is 1. The van der Waals surface area contributed by atoms with Crippen LogP contribution >= 0.6 is 15.9 Å². The summed E-state index contributed by atoms with van der Waals surface area (Å²) in [6, 6.07) is 9.77. The first kappa shape index (κ1) is 15.2. The second kappa shape index (κ2) is 6.57. The van der Waals surface area contributed by atoms with E-state index in [0.29, 0.717) is 5.56 Å². The fourth-order valence-electron chi connectivity index (χ4n) is 2.78. The van der Waals surface area contributed by atoms with Gasteiger partial charge in [-0.05, 0) is 65.2 Å². The lowest BCUT2D eigenvalue weighted by Crippen LogP contribution is -2.36. The number of rotatable bonds is 3. The fourth-order valence-corrected chi connectivity index (χ4v) is 3.01. The van der Waals surface area contributed by atoms with Crippen molar-refractivity contribution in [3.05, 3.63) is 58.4 Å². The van der Waals surface area contributed by atoms with Crippen LogP contribution in [0.1, 0.15) is 23.2 Å². The van der Waals surface area contributed by atoms with Crippen molar-refractivity contribution in [1.29, 1.82) is 0 Å². The van der Waals surface area contributed by atoms with Gasteiger partial charge in [0.2, 0.25) is 0 Å². The van der Waals surface area contributed by atoms with E-state index in [1.165, 1.54) is 12.1 Å². The summed E-state index contributed by atoms with van der Waals surface area (Å²) in [6.07, 6.45) is 3.38. The monoisotopic (exact) mass is 362 g/mol. The number of aromatic nitrogens is 1. The first-order chi connectivity index (χ1) is 10.6. The molecule has 114 valence electrons. The maximum Gasteiger partial charge on any atom is 0.166 e. The second-order valence-electron chi connectivity index (χ2n) is 5.47. The minimum absolute atomic E-state index is 0.0113. The molecule has 0 radical (unpaired) electrons. The molecule has 2 heterocycles. The molecule has 2 aromatic rings. The summed E-state index contributed by atoms with van der Waals surface area (Å²) in [7, 11) is 0. The van der Waals surface area contributed by atoms with Crippen molar-refractivity contribution < 1.29 is 9.18 Å². The summed E-state index contributed by atoms with van der Waals surface area (Å²) >= 11 is 3.38. The maximum atomic E-state index is 12.9. The first-order valence-corrected chi connectivity index (χ1v) is 8.09. The van der Waals surface area contributed by atoms with Gasteiger partial charge in [0.25, 0.3) is 0 Å². The molecule has 1 aromatic carbocycles. The predicted octanol–water partition coefficient (Wildman–Crippen LogP) is 4.08. The summed E-state index contributed by atoms with van der Waals surface area (Å²) < 4.78 is 13.9. The highest BCUT2D eigenvalue weighted by atomic mass is 79.9. The molecule has 1 aromatic heterocycles. The summed E-state index contributed by atoms with van der Waals surface area (Å²) in [5.41, 5.74) is 0.599. The van der Waals surface area contributed by atoms with E-state index in [0.717, 1.165) is 36.2 Å². The summed E-state index contributed by atoms with van der Waals surface area (Å²) in [6.45, 7) is 1.62. The highest BCUT2D eigenvalue weighted by Gasteiger charge is 2.26. The molecule has 5 heteroatoms. The molecule has 1 saturated heterocycles. The standard InChI is InChI=1S/C17H16BrFN2O/c18-14-3-6-16(20-11-14)21-9-7-13(8-10-21)17(22)12-1-4-15(19)5-2-12/h1-6,11,13H,7-10H2. The van der Waals surface area contributed by atoms with Crippen LogP contribution in [0.5, 0.6) is 0 Å². The van der Waals surface area contributed by atoms with E-state index in [9.17, 15) is 9.18 Å². The van der Waals surface area contributed by atoms with Gasteiger partial charge < -0.3 is 4.90 Å². The highest BCUT2D eigenvalue weighted by molar-refractivity contribution is 9.10. The molecule has 0 saturated carbocycles. The number of hydrogen-bond acceptors (Lipinski definition) is 3. The Bertz CT molecular complexity index is 649. The molecule has 1 fully saturated rings. The first-order valence-electron chi connectivity index (χ1n) is 7.30. The Morgan fingerprint density at radius 1 is 1.14 bits per heavy atom. The summed E-state index contributed by atoms with van der Waals surface area (Å²) in [4.78, 5) is 19.0. The minimum atomic E-state index is -0.312. The molecule has 1 aliphatic heterocycles. The minimum Gasteiger partial charge on any atom is -0.357 e. The number of ketones is 1. The van der Waals surface area contributed by atoms with Crippen LogP contribution in [0.3, 0.4) is 0 Å². The van der Waals surface area contributed by atoms with Crippen LogP contribution < -0.4 is 4.90 Å². The van der Waals surface area contributed by atoms with Crippen LogP contribution in [0.15, 0.2) is 47.1 Å². The van der Waals surface area contributed by atoms with Crippen molar-refractivity contribution in [2.24, 2.45) is 5.92 Å². The Labute approximate surface area is 137 Å². The molecule has 0 spiro atoms. The molecule has 0 N–H and O–H groups in total. The Kier molecular flexibility index (Phi) is 4.52. The quantitative estimate of drug-likeness (QED) is 0.771. The van der Waals surface area contributed by atoms with Gasteiger partial charge in [-0.1, -0.05) is 0 Å². The molecular weight excluding hydrogens is 347 g/mol. The van der Waals surface area contributed by atoms with Crippen molar-refractivity contribution in [3.63, 3.8) is 0 Å². The summed E-state index contributed by atoms with van der Waals surface area (Å²) in [5, 5.41) is 0. The lowest BCUT2D eigenvalue weighted by molar-refractivity contribution is 0.0900. The third-order valence-electron chi connectivity index (χ3n) is 4.03. The number of piperidine rings is 1. The predicted molar refractivity (Wildman–Crippen MR) is 87.6 cm³/mol. The molecule has 3 rings (SSSR count). The molecule has 22 heavy (non-hydrogen) atoms. The third-order valence-corrected chi connectivity index (χ3v) is 4.50. The van der Waals surface area contributed by atoms with E-state index in [2.05, 4.69) is 25.8 Å². The molecule has 0 unspecified atom stereocenters. The Hall–Kier alpha value is -1.75. The van der Waals surface area contributed by atoms with Gasteiger partial charge in [-0.2, -0.15) is 0 Å². The van der Waals surface area contributed by atoms with Crippen LogP contribution in [-0.4, -0.2) is 23.9 Å². The Morgan fingerprint density at radius 3 is 2.41 bits per heavy atom. The second-order valence-corrected chi connectivity index (χ2v) is 6.38. The lowest BCUT2D eigenvalue weighted by atomic mass is 9.89. The van der Waals surface area contributed by atoms with E-state index >= 15 is 0 Å². The smallest absolute Gasteiger partial charge is 0.166 e. The number of pyridine rings is 1. The normalized spacial score (nSPS) is 15.8. The molecule has 0 aliphatic carbocycles. The van der Waals surface area contributed by atoms with Crippen LogP contribution in [-0.2, 0) is 0 Å². The maximum absolute atomic E-state index is 12.9. The van der Waals surface area contributed by atoms with Gasteiger partial charge in [0.1, 0.15) is 11.6 Å². The van der Waals surface area contributed by atoms with E-state index in [1.807, 2.05) is 12.1 Å². The Morgan fingerprint density at radius 2 is 1.82 bits per heavy atom.